The largest absolute Gasteiger partial charge is 0.371 e. The molecular weight excluding hydrogens is 262 g/mol. The SMILES string of the molecule is CNc1nc2sccn2c1S(=O)(=O)NN(C)C. The highest BCUT2D eigenvalue weighted by molar-refractivity contribution is 7.89. The summed E-state index contributed by atoms with van der Waals surface area (Å²) in [6.45, 7) is 0. The Kier molecular flexibility index (Phi) is 3.08. The Bertz CT molecular complexity index is 627. The van der Waals surface area contributed by atoms with E-state index in [1.165, 1.54) is 16.3 Å². The molecule has 0 fully saturated rings. The second-order valence-electron chi connectivity index (χ2n) is 3.56. The summed E-state index contributed by atoms with van der Waals surface area (Å²) < 4.78 is 25.8. The predicted molar refractivity (Wildman–Crippen MR) is 66.6 cm³/mol. The van der Waals surface area contributed by atoms with Crippen molar-refractivity contribution in [3.63, 3.8) is 0 Å². The number of aromatic nitrogens is 2. The number of thiazole rings is 1. The van der Waals surface area contributed by atoms with Crippen LogP contribution in [0.15, 0.2) is 16.6 Å². The molecule has 0 aliphatic heterocycles. The molecule has 0 saturated carbocycles. The number of nitrogens with zero attached hydrogens (tertiary/aromatic N) is 3. The lowest BCUT2D eigenvalue weighted by Crippen LogP contribution is -2.36. The van der Waals surface area contributed by atoms with Gasteiger partial charge in [-0.15, -0.1) is 16.2 Å². The van der Waals surface area contributed by atoms with Crippen LogP contribution in [0.1, 0.15) is 0 Å². The fourth-order valence-corrected chi connectivity index (χ4v) is 3.62. The van der Waals surface area contributed by atoms with Crippen LogP contribution in [-0.4, -0.2) is 44.0 Å². The van der Waals surface area contributed by atoms with Gasteiger partial charge in [-0.3, -0.25) is 4.40 Å². The highest BCUT2D eigenvalue weighted by Crippen LogP contribution is 2.24. The molecule has 0 atom stereocenters. The molecule has 7 nitrogen and oxygen atoms in total. The monoisotopic (exact) mass is 275 g/mol. The van der Waals surface area contributed by atoms with Gasteiger partial charge in [-0.05, 0) is 0 Å². The van der Waals surface area contributed by atoms with Gasteiger partial charge in [0.15, 0.2) is 10.8 Å². The van der Waals surface area contributed by atoms with Crippen LogP contribution in [0, 0.1) is 0 Å². The van der Waals surface area contributed by atoms with Gasteiger partial charge in [0.05, 0.1) is 0 Å². The minimum atomic E-state index is -3.63. The second kappa shape index (κ2) is 4.26. The number of imidazole rings is 1. The molecule has 2 N–H and O–H groups in total. The van der Waals surface area contributed by atoms with Crippen molar-refractivity contribution in [3.05, 3.63) is 11.6 Å². The van der Waals surface area contributed by atoms with Crippen molar-refractivity contribution < 1.29 is 8.42 Å². The fraction of sp³-hybridized carbons (Fsp3) is 0.375. The summed E-state index contributed by atoms with van der Waals surface area (Å²) in [5, 5.41) is 6.07. The van der Waals surface area contributed by atoms with E-state index in [-0.39, 0.29) is 5.03 Å². The molecule has 2 rings (SSSR count). The Balaban J connectivity index is 2.63. The standard InChI is InChI=1S/C8H13N5O2S2/c1-9-6-7(17(14,15)11-12(2)3)13-4-5-16-8(13)10-6/h4-5,9,11H,1-3H3. The molecule has 0 spiro atoms. The van der Waals surface area contributed by atoms with Gasteiger partial charge in [0.1, 0.15) is 0 Å². The molecule has 2 aromatic rings. The van der Waals surface area contributed by atoms with Crippen LogP contribution in [-0.2, 0) is 10.0 Å². The van der Waals surface area contributed by atoms with Crippen molar-refractivity contribution in [2.45, 2.75) is 5.03 Å². The topological polar surface area (TPSA) is 78.7 Å². The first-order valence-corrected chi connectivity index (χ1v) is 7.15. The maximum absolute atomic E-state index is 12.1. The third-order valence-electron chi connectivity index (χ3n) is 2.01. The molecule has 0 aliphatic carbocycles. The number of rotatable bonds is 4. The molecule has 0 bridgehead atoms. The van der Waals surface area contributed by atoms with E-state index >= 15 is 0 Å². The van der Waals surface area contributed by atoms with Gasteiger partial charge in [0.2, 0.25) is 5.03 Å². The number of sulfonamides is 1. The summed E-state index contributed by atoms with van der Waals surface area (Å²) in [6, 6.07) is 0. The van der Waals surface area contributed by atoms with Crippen LogP contribution in [0.4, 0.5) is 5.82 Å². The highest BCUT2D eigenvalue weighted by atomic mass is 32.2. The molecule has 0 aliphatic rings. The zero-order chi connectivity index (χ0) is 12.6. The van der Waals surface area contributed by atoms with Gasteiger partial charge in [0, 0.05) is 32.7 Å². The van der Waals surface area contributed by atoms with E-state index in [0.717, 1.165) is 0 Å². The van der Waals surface area contributed by atoms with Gasteiger partial charge >= 0.3 is 0 Å². The first kappa shape index (κ1) is 12.3. The Morgan fingerprint density at radius 3 is 2.76 bits per heavy atom. The summed E-state index contributed by atoms with van der Waals surface area (Å²) in [5.41, 5.74) is 0. The van der Waals surface area contributed by atoms with Gasteiger partial charge < -0.3 is 5.32 Å². The lowest BCUT2D eigenvalue weighted by Gasteiger charge is -2.12. The van der Waals surface area contributed by atoms with E-state index in [2.05, 4.69) is 15.1 Å². The Morgan fingerprint density at radius 2 is 2.18 bits per heavy atom. The van der Waals surface area contributed by atoms with Crippen LogP contribution in [0.2, 0.25) is 0 Å². The molecule has 9 heteroatoms. The Morgan fingerprint density at radius 1 is 1.47 bits per heavy atom. The molecular formula is C8H13N5O2S2. The summed E-state index contributed by atoms with van der Waals surface area (Å²) in [5.74, 6) is 0.339. The molecule has 0 amide bonds. The van der Waals surface area contributed by atoms with Crippen molar-refractivity contribution in [1.82, 2.24) is 19.2 Å². The predicted octanol–water partition coefficient (Wildman–Crippen LogP) is 0.192. The Hall–Kier alpha value is -1.16. The number of hydrazine groups is 1. The first-order chi connectivity index (χ1) is 7.95. The van der Waals surface area contributed by atoms with Crippen LogP contribution in [0.3, 0.4) is 0 Å². The minimum absolute atomic E-state index is 0.116. The molecule has 2 heterocycles. The van der Waals surface area contributed by atoms with Crippen LogP contribution < -0.4 is 10.1 Å². The summed E-state index contributed by atoms with van der Waals surface area (Å²) in [7, 11) is 1.23. The number of hydrogen-bond acceptors (Lipinski definition) is 6. The van der Waals surface area contributed by atoms with E-state index in [4.69, 9.17) is 0 Å². The molecule has 0 aromatic carbocycles. The first-order valence-electron chi connectivity index (χ1n) is 4.79. The third kappa shape index (κ3) is 2.14. The van der Waals surface area contributed by atoms with Crippen LogP contribution >= 0.6 is 11.3 Å². The van der Waals surface area contributed by atoms with Gasteiger partial charge in [-0.25, -0.2) is 18.4 Å². The van der Waals surface area contributed by atoms with E-state index in [0.29, 0.717) is 10.8 Å². The number of anilines is 1. The normalized spacial score (nSPS) is 12.5. The van der Waals surface area contributed by atoms with Crippen molar-refractivity contribution in [1.29, 1.82) is 0 Å². The molecule has 2 aromatic heterocycles. The molecule has 94 valence electrons. The average molecular weight is 275 g/mol. The quantitative estimate of drug-likeness (QED) is 0.779. The molecule has 0 radical (unpaired) electrons. The maximum Gasteiger partial charge on any atom is 0.273 e. The fourth-order valence-electron chi connectivity index (χ4n) is 1.47. The van der Waals surface area contributed by atoms with Crippen LogP contribution in [0.25, 0.3) is 4.96 Å². The highest BCUT2D eigenvalue weighted by Gasteiger charge is 2.25. The van der Waals surface area contributed by atoms with Crippen LogP contribution in [0.5, 0.6) is 0 Å². The molecule has 0 unspecified atom stereocenters. The van der Waals surface area contributed by atoms with Crippen molar-refractivity contribution in [2.75, 3.05) is 26.5 Å². The van der Waals surface area contributed by atoms with E-state index < -0.39 is 10.0 Å². The average Bonchev–Trinajstić information content (AvgIpc) is 2.72. The Labute approximate surface area is 103 Å². The summed E-state index contributed by atoms with van der Waals surface area (Å²) >= 11 is 1.38. The minimum Gasteiger partial charge on any atom is -0.371 e. The molecule has 17 heavy (non-hydrogen) atoms. The third-order valence-corrected chi connectivity index (χ3v) is 4.27. The number of nitrogens with one attached hydrogen (secondary N) is 2. The summed E-state index contributed by atoms with van der Waals surface area (Å²) in [4.78, 5) is 7.22. The lowest BCUT2D eigenvalue weighted by atomic mass is 10.7. The van der Waals surface area contributed by atoms with E-state index in [9.17, 15) is 8.42 Å². The van der Waals surface area contributed by atoms with Gasteiger partial charge in [0.25, 0.3) is 10.0 Å². The number of hydrogen-bond donors (Lipinski definition) is 2. The second-order valence-corrected chi connectivity index (χ2v) is 6.01. The zero-order valence-electron chi connectivity index (χ0n) is 9.63. The molecule has 0 saturated heterocycles. The van der Waals surface area contributed by atoms with Crippen molar-refractivity contribution in [3.8, 4) is 0 Å². The smallest absolute Gasteiger partial charge is 0.273 e. The zero-order valence-corrected chi connectivity index (χ0v) is 11.3. The number of fused-ring (bicyclic) bond motifs is 1. The van der Waals surface area contributed by atoms with E-state index in [1.54, 1.807) is 37.1 Å². The summed E-state index contributed by atoms with van der Waals surface area (Å²) in [6.07, 6.45) is 1.68. The lowest BCUT2D eigenvalue weighted by molar-refractivity contribution is 0.363. The van der Waals surface area contributed by atoms with E-state index in [1.807, 2.05) is 0 Å². The van der Waals surface area contributed by atoms with Crippen molar-refractivity contribution in [2.24, 2.45) is 0 Å². The van der Waals surface area contributed by atoms with Crippen molar-refractivity contribution >= 4 is 32.1 Å². The van der Waals surface area contributed by atoms with Gasteiger partial charge in [-0.1, -0.05) is 0 Å². The maximum atomic E-state index is 12.1. The van der Waals surface area contributed by atoms with Gasteiger partial charge in [-0.2, -0.15) is 0 Å².